The standard InChI is InChI=1S/C15H21FN2O/c16-13-6-4-5-12(11-13)15(19)18(10-9-17)14-7-2-1-3-8-14/h4-6,11,14H,1-3,7-10,17H2. The van der Waals surface area contributed by atoms with Gasteiger partial charge in [0.25, 0.3) is 5.91 Å². The van der Waals surface area contributed by atoms with E-state index in [4.69, 9.17) is 5.73 Å². The van der Waals surface area contributed by atoms with Gasteiger partial charge in [-0.15, -0.1) is 0 Å². The van der Waals surface area contributed by atoms with Gasteiger partial charge in [0.2, 0.25) is 0 Å². The van der Waals surface area contributed by atoms with Crippen LogP contribution >= 0.6 is 0 Å². The number of carbonyl (C=O) groups is 1. The summed E-state index contributed by atoms with van der Waals surface area (Å²) in [4.78, 5) is 14.3. The van der Waals surface area contributed by atoms with Crippen molar-refractivity contribution in [2.24, 2.45) is 5.73 Å². The number of hydrogen-bond acceptors (Lipinski definition) is 2. The lowest BCUT2D eigenvalue weighted by molar-refractivity contribution is 0.0641. The molecular weight excluding hydrogens is 243 g/mol. The van der Waals surface area contributed by atoms with E-state index in [2.05, 4.69) is 0 Å². The third kappa shape index (κ3) is 3.53. The molecule has 1 saturated carbocycles. The van der Waals surface area contributed by atoms with Crippen molar-refractivity contribution >= 4 is 5.91 Å². The van der Waals surface area contributed by atoms with Gasteiger partial charge >= 0.3 is 0 Å². The molecule has 0 aliphatic heterocycles. The van der Waals surface area contributed by atoms with Gasteiger partial charge in [0.1, 0.15) is 5.82 Å². The van der Waals surface area contributed by atoms with Crippen LogP contribution in [0.15, 0.2) is 24.3 Å². The molecule has 3 nitrogen and oxygen atoms in total. The molecule has 1 aliphatic carbocycles. The number of amides is 1. The number of nitrogens with two attached hydrogens (primary N) is 1. The fourth-order valence-electron chi connectivity index (χ4n) is 2.77. The van der Waals surface area contributed by atoms with Crippen molar-refractivity contribution in [3.8, 4) is 0 Å². The lowest BCUT2D eigenvalue weighted by Crippen LogP contribution is -2.44. The average molecular weight is 264 g/mol. The third-order valence-electron chi connectivity index (χ3n) is 3.72. The summed E-state index contributed by atoms with van der Waals surface area (Å²) in [6.45, 7) is 0.984. The van der Waals surface area contributed by atoms with Gasteiger partial charge in [0, 0.05) is 24.7 Å². The van der Waals surface area contributed by atoms with E-state index >= 15 is 0 Å². The largest absolute Gasteiger partial charge is 0.334 e. The molecule has 19 heavy (non-hydrogen) atoms. The third-order valence-corrected chi connectivity index (χ3v) is 3.72. The van der Waals surface area contributed by atoms with Gasteiger partial charge in [-0.25, -0.2) is 4.39 Å². The molecule has 0 unspecified atom stereocenters. The molecule has 0 spiro atoms. The summed E-state index contributed by atoms with van der Waals surface area (Å²) in [6, 6.07) is 6.15. The van der Waals surface area contributed by atoms with Gasteiger partial charge in [-0.05, 0) is 31.0 Å². The van der Waals surface area contributed by atoms with Crippen LogP contribution in [0, 0.1) is 5.82 Å². The fraction of sp³-hybridized carbons (Fsp3) is 0.533. The Balaban J connectivity index is 2.15. The predicted octanol–water partition coefficient (Wildman–Crippen LogP) is 2.56. The number of benzene rings is 1. The Hall–Kier alpha value is -1.42. The van der Waals surface area contributed by atoms with Crippen molar-refractivity contribution in [3.05, 3.63) is 35.6 Å². The van der Waals surface area contributed by atoms with Crippen LogP contribution in [0.25, 0.3) is 0 Å². The molecule has 0 atom stereocenters. The minimum Gasteiger partial charge on any atom is -0.334 e. The number of halogens is 1. The molecular formula is C15H21FN2O. The zero-order chi connectivity index (χ0) is 13.7. The second-order valence-corrected chi connectivity index (χ2v) is 5.09. The quantitative estimate of drug-likeness (QED) is 0.908. The van der Waals surface area contributed by atoms with Gasteiger partial charge in [-0.2, -0.15) is 0 Å². The maximum Gasteiger partial charge on any atom is 0.254 e. The maximum atomic E-state index is 13.2. The monoisotopic (exact) mass is 264 g/mol. The van der Waals surface area contributed by atoms with E-state index in [9.17, 15) is 9.18 Å². The average Bonchev–Trinajstić information content (AvgIpc) is 2.45. The maximum absolute atomic E-state index is 13.2. The minimum atomic E-state index is -0.373. The summed E-state index contributed by atoms with van der Waals surface area (Å²) in [5.74, 6) is -0.473. The summed E-state index contributed by atoms with van der Waals surface area (Å²) in [7, 11) is 0. The zero-order valence-electron chi connectivity index (χ0n) is 11.1. The minimum absolute atomic E-state index is 0.100. The Labute approximate surface area is 113 Å². The van der Waals surface area contributed by atoms with E-state index < -0.39 is 0 Å². The second-order valence-electron chi connectivity index (χ2n) is 5.09. The topological polar surface area (TPSA) is 46.3 Å². The molecule has 1 fully saturated rings. The summed E-state index contributed by atoms with van der Waals surface area (Å²) in [5, 5.41) is 0. The Morgan fingerprint density at radius 3 is 2.68 bits per heavy atom. The van der Waals surface area contributed by atoms with E-state index in [0.29, 0.717) is 18.7 Å². The molecule has 1 aromatic rings. The molecule has 104 valence electrons. The van der Waals surface area contributed by atoms with Crippen LogP contribution in [0.1, 0.15) is 42.5 Å². The summed E-state index contributed by atoms with van der Waals surface area (Å²) >= 11 is 0. The summed E-state index contributed by atoms with van der Waals surface area (Å²) in [6.07, 6.45) is 5.60. The van der Waals surface area contributed by atoms with Gasteiger partial charge in [-0.3, -0.25) is 4.79 Å². The van der Waals surface area contributed by atoms with Gasteiger partial charge < -0.3 is 10.6 Å². The first-order valence-electron chi connectivity index (χ1n) is 6.99. The Kier molecular flexibility index (Phi) is 4.91. The molecule has 0 bridgehead atoms. The first kappa shape index (κ1) is 14.0. The van der Waals surface area contributed by atoms with E-state index in [1.165, 1.54) is 18.6 Å². The fourth-order valence-corrected chi connectivity index (χ4v) is 2.77. The Bertz CT molecular complexity index is 430. The van der Waals surface area contributed by atoms with Crippen LogP contribution in [0.4, 0.5) is 4.39 Å². The highest BCUT2D eigenvalue weighted by Gasteiger charge is 2.25. The molecule has 0 radical (unpaired) electrons. The van der Waals surface area contributed by atoms with Gasteiger partial charge in [-0.1, -0.05) is 25.3 Å². The molecule has 2 rings (SSSR count). The predicted molar refractivity (Wildman–Crippen MR) is 73.4 cm³/mol. The highest BCUT2D eigenvalue weighted by Crippen LogP contribution is 2.24. The highest BCUT2D eigenvalue weighted by atomic mass is 19.1. The number of nitrogens with zero attached hydrogens (tertiary/aromatic N) is 1. The SMILES string of the molecule is NCCN(C(=O)c1cccc(F)c1)C1CCCCC1. The number of rotatable bonds is 4. The van der Waals surface area contributed by atoms with Crippen molar-refractivity contribution in [2.45, 2.75) is 38.1 Å². The lowest BCUT2D eigenvalue weighted by Gasteiger charge is -2.34. The van der Waals surface area contributed by atoms with Crippen LogP contribution in [0.5, 0.6) is 0 Å². The molecule has 2 N–H and O–H groups in total. The molecule has 0 aromatic heterocycles. The summed E-state index contributed by atoms with van der Waals surface area (Å²) in [5.41, 5.74) is 6.03. The smallest absolute Gasteiger partial charge is 0.254 e. The molecule has 4 heteroatoms. The van der Waals surface area contributed by atoms with E-state index in [-0.39, 0.29) is 17.8 Å². The first-order chi connectivity index (χ1) is 9.22. The highest BCUT2D eigenvalue weighted by molar-refractivity contribution is 5.94. The van der Waals surface area contributed by atoms with Gasteiger partial charge in [0.15, 0.2) is 0 Å². The zero-order valence-corrected chi connectivity index (χ0v) is 11.1. The van der Waals surface area contributed by atoms with Crippen molar-refractivity contribution < 1.29 is 9.18 Å². The van der Waals surface area contributed by atoms with Crippen LogP contribution < -0.4 is 5.73 Å². The summed E-state index contributed by atoms with van der Waals surface area (Å²) < 4.78 is 13.2. The molecule has 1 aromatic carbocycles. The van der Waals surface area contributed by atoms with Crippen LogP contribution in [-0.4, -0.2) is 29.9 Å². The van der Waals surface area contributed by atoms with Crippen LogP contribution in [-0.2, 0) is 0 Å². The van der Waals surface area contributed by atoms with Crippen molar-refractivity contribution in [1.82, 2.24) is 4.90 Å². The van der Waals surface area contributed by atoms with Crippen molar-refractivity contribution in [2.75, 3.05) is 13.1 Å². The molecule has 1 aliphatic rings. The number of hydrogen-bond donors (Lipinski definition) is 1. The lowest BCUT2D eigenvalue weighted by atomic mass is 9.93. The van der Waals surface area contributed by atoms with Crippen LogP contribution in [0.3, 0.4) is 0 Å². The molecule has 0 heterocycles. The second kappa shape index (κ2) is 6.66. The van der Waals surface area contributed by atoms with Crippen LogP contribution in [0.2, 0.25) is 0 Å². The Morgan fingerprint density at radius 1 is 1.32 bits per heavy atom. The first-order valence-corrected chi connectivity index (χ1v) is 6.99. The van der Waals surface area contributed by atoms with Gasteiger partial charge in [0.05, 0.1) is 0 Å². The van der Waals surface area contributed by atoms with E-state index in [1.807, 2.05) is 4.90 Å². The molecule has 0 saturated heterocycles. The molecule has 1 amide bonds. The van der Waals surface area contributed by atoms with Crippen molar-refractivity contribution in [3.63, 3.8) is 0 Å². The number of carbonyl (C=O) groups excluding carboxylic acids is 1. The van der Waals surface area contributed by atoms with Crippen molar-refractivity contribution in [1.29, 1.82) is 0 Å². The van der Waals surface area contributed by atoms with E-state index in [1.54, 1.807) is 12.1 Å². The Morgan fingerprint density at radius 2 is 2.05 bits per heavy atom. The normalized spacial score (nSPS) is 16.3. The van der Waals surface area contributed by atoms with E-state index in [0.717, 1.165) is 25.7 Å².